The average molecular weight is 385 g/mol. The second kappa shape index (κ2) is 5.68. The van der Waals surface area contributed by atoms with Crippen molar-refractivity contribution in [1.82, 2.24) is 4.90 Å². The van der Waals surface area contributed by atoms with E-state index in [1.807, 2.05) is 13.0 Å². The fourth-order valence-electron chi connectivity index (χ4n) is 5.40. The number of allylic oxidation sites excluding steroid dienone is 2. The van der Waals surface area contributed by atoms with Gasteiger partial charge in [-0.3, -0.25) is 19.3 Å². The highest BCUT2D eigenvalue weighted by atomic mass is 35.5. The number of anilines is 1. The lowest BCUT2D eigenvalue weighted by molar-refractivity contribution is -0.146. The topological polar surface area (TPSA) is 66.5 Å². The molecule has 0 aromatic heterocycles. The Bertz CT molecular complexity index is 875. The lowest BCUT2D eigenvalue weighted by Gasteiger charge is -2.37. The maximum Gasteiger partial charge on any atom is 0.247 e. The first-order valence-electron chi connectivity index (χ1n) is 9.50. The number of amides is 3. The van der Waals surface area contributed by atoms with E-state index in [2.05, 4.69) is 17.5 Å². The zero-order valence-electron chi connectivity index (χ0n) is 15.2. The standard InChI is InChI=1S/C21H21ClN2O3/c1-9-3-4-11(7-16(9)22)23-19(25)10(2)24-20(26)17-12-5-6-13(15-8-14(12)15)18(17)21(24)27/h3-7,10,12-15,17-18H,8H2,1-2H3,(H,23,25)/t10-,12+,13+,14+,15+,17-,18-/m0/s1. The summed E-state index contributed by atoms with van der Waals surface area (Å²) in [5.41, 5.74) is 1.47. The van der Waals surface area contributed by atoms with Gasteiger partial charge in [0.25, 0.3) is 0 Å². The van der Waals surface area contributed by atoms with Gasteiger partial charge in [-0.25, -0.2) is 0 Å². The predicted molar refractivity (Wildman–Crippen MR) is 101 cm³/mol. The Morgan fingerprint density at radius 3 is 2.30 bits per heavy atom. The number of nitrogens with zero attached hydrogens (tertiary/aromatic N) is 1. The largest absolute Gasteiger partial charge is 0.324 e. The minimum atomic E-state index is -0.841. The molecule has 1 N–H and O–H groups in total. The zero-order valence-corrected chi connectivity index (χ0v) is 15.9. The van der Waals surface area contributed by atoms with Gasteiger partial charge in [-0.1, -0.05) is 29.8 Å². The van der Waals surface area contributed by atoms with E-state index in [1.54, 1.807) is 19.1 Å². The predicted octanol–water partition coefficient (Wildman–Crippen LogP) is 3.03. The third kappa shape index (κ3) is 2.34. The van der Waals surface area contributed by atoms with Gasteiger partial charge in [0.15, 0.2) is 0 Å². The van der Waals surface area contributed by atoms with Crippen molar-refractivity contribution in [2.45, 2.75) is 26.3 Å². The number of likely N-dealkylation sites (tertiary alicyclic amines) is 1. The van der Waals surface area contributed by atoms with Crippen molar-refractivity contribution in [2.24, 2.45) is 35.5 Å². The van der Waals surface area contributed by atoms with E-state index in [9.17, 15) is 14.4 Å². The number of carbonyl (C=O) groups excluding carboxylic acids is 3. The van der Waals surface area contributed by atoms with Crippen LogP contribution in [0.25, 0.3) is 0 Å². The lowest BCUT2D eigenvalue weighted by atomic mass is 9.63. The molecule has 6 rings (SSSR count). The van der Waals surface area contributed by atoms with Gasteiger partial charge in [0.2, 0.25) is 17.7 Å². The number of aryl methyl sites for hydroxylation is 1. The van der Waals surface area contributed by atoms with Gasteiger partial charge in [0.05, 0.1) is 11.8 Å². The third-order valence-electron chi connectivity index (χ3n) is 6.90. The van der Waals surface area contributed by atoms with Gasteiger partial charge in [-0.05, 0) is 61.6 Å². The number of carbonyl (C=O) groups is 3. The smallest absolute Gasteiger partial charge is 0.247 e. The fourth-order valence-corrected chi connectivity index (χ4v) is 5.58. The Balaban J connectivity index is 1.37. The van der Waals surface area contributed by atoms with E-state index in [-0.39, 0.29) is 41.4 Å². The fraction of sp³-hybridized carbons (Fsp3) is 0.476. The molecule has 1 heterocycles. The second-order valence-electron chi connectivity index (χ2n) is 8.33. The van der Waals surface area contributed by atoms with Crippen LogP contribution in [0.3, 0.4) is 0 Å². The summed E-state index contributed by atoms with van der Waals surface area (Å²) in [7, 11) is 0. The van der Waals surface area contributed by atoms with E-state index >= 15 is 0 Å². The van der Waals surface area contributed by atoms with Crippen molar-refractivity contribution >= 4 is 35.0 Å². The molecular formula is C21H21ClN2O3. The van der Waals surface area contributed by atoms with Crippen molar-refractivity contribution in [3.05, 3.63) is 40.9 Å². The van der Waals surface area contributed by atoms with Crippen LogP contribution >= 0.6 is 11.6 Å². The summed E-state index contributed by atoms with van der Waals surface area (Å²) in [4.78, 5) is 40.1. The molecule has 0 unspecified atom stereocenters. The first-order valence-corrected chi connectivity index (χ1v) is 9.88. The Labute approximate surface area is 162 Å². The van der Waals surface area contributed by atoms with E-state index in [0.717, 1.165) is 12.0 Å². The summed E-state index contributed by atoms with van der Waals surface area (Å²) in [6, 6.07) is 4.41. The van der Waals surface area contributed by atoms with Crippen LogP contribution in [0.2, 0.25) is 5.02 Å². The van der Waals surface area contributed by atoms with E-state index in [4.69, 9.17) is 11.6 Å². The van der Waals surface area contributed by atoms with Crippen molar-refractivity contribution in [3.8, 4) is 0 Å². The maximum atomic E-state index is 13.1. The molecule has 1 aliphatic heterocycles. The van der Waals surface area contributed by atoms with Gasteiger partial charge >= 0.3 is 0 Å². The first-order chi connectivity index (χ1) is 12.9. The molecule has 1 aromatic rings. The number of benzene rings is 1. The van der Waals surface area contributed by atoms with Crippen LogP contribution in [-0.2, 0) is 14.4 Å². The van der Waals surface area contributed by atoms with Crippen LogP contribution in [0, 0.1) is 42.4 Å². The minimum Gasteiger partial charge on any atom is -0.324 e. The van der Waals surface area contributed by atoms with E-state index in [0.29, 0.717) is 22.5 Å². The van der Waals surface area contributed by atoms with Gasteiger partial charge in [-0.15, -0.1) is 0 Å². The van der Waals surface area contributed by atoms with Crippen molar-refractivity contribution in [2.75, 3.05) is 5.32 Å². The SMILES string of the molecule is Cc1ccc(NC(=O)[C@H](C)N2C(=O)[C@H]3[C@@H]4C=C[C@H]([C@H]5C[C@H]45)[C@@H]3C2=O)cc1Cl. The van der Waals surface area contributed by atoms with Crippen molar-refractivity contribution in [1.29, 1.82) is 0 Å². The third-order valence-corrected chi connectivity index (χ3v) is 7.31. The molecule has 5 nitrogen and oxygen atoms in total. The second-order valence-corrected chi connectivity index (χ2v) is 8.74. The Morgan fingerprint density at radius 2 is 1.74 bits per heavy atom. The number of imide groups is 1. The molecule has 140 valence electrons. The minimum absolute atomic E-state index is 0.164. The molecular weight excluding hydrogens is 364 g/mol. The average Bonchev–Trinajstić information content (AvgIpc) is 3.42. The summed E-state index contributed by atoms with van der Waals surface area (Å²) in [6.07, 6.45) is 5.39. The van der Waals surface area contributed by atoms with Crippen LogP contribution in [0.4, 0.5) is 5.69 Å². The zero-order chi connectivity index (χ0) is 19.0. The molecule has 27 heavy (non-hydrogen) atoms. The summed E-state index contributed by atoms with van der Waals surface area (Å²) >= 11 is 6.11. The normalized spacial score (nSPS) is 36.5. The molecule has 2 saturated carbocycles. The van der Waals surface area contributed by atoms with Gasteiger partial charge in [0.1, 0.15) is 6.04 Å². The van der Waals surface area contributed by atoms with E-state index in [1.165, 1.54) is 4.90 Å². The number of rotatable bonds is 3. The highest BCUT2D eigenvalue weighted by Crippen LogP contribution is 2.65. The van der Waals surface area contributed by atoms with Gasteiger partial charge in [0, 0.05) is 10.7 Å². The van der Waals surface area contributed by atoms with Crippen LogP contribution in [0.15, 0.2) is 30.4 Å². The molecule has 1 saturated heterocycles. The molecule has 0 spiro atoms. The molecule has 5 aliphatic rings. The molecule has 1 aromatic carbocycles. The van der Waals surface area contributed by atoms with Crippen molar-refractivity contribution in [3.63, 3.8) is 0 Å². The molecule has 3 amide bonds. The highest BCUT2D eigenvalue weighted by Gasteiger charge is 2.67. The van der Waals surface area contributed by atoms with Gasteiger partial charge < -0.3 is 5.32 Å². The summed E-state index contributed by atoms with van der Waals surface area (Å²) < 4.78 is 0. The molecule has 0 radical (unpaired) electrons. The summed E-state index contributed by atoms with van der Waals surface area (Å²) in [6.45, 7) is 3.50. The Kier molecular flexibility index (Phi) is 3.57. The molecule has 6 heteroatoms. The number of hydrogen-bond donors (Lipinski definition) is 1. The van der Waals surface area contributed by atoms with Crippen LogP contribution in [-0.4, -0.2) is 28.7 Å². The maximum absolute atomic E-state index is 13.1. The molecule has 3 fully saturated rings. The highest BCUT2D eigenvalue weighted by molar-refractivity contribution is 6.31. The summed E-state index contributed by atoms with van der Waals surface area (Å²) in [5, 5.41) is 3.34. The quantitative estimate of drug-likeness (QED) is 0.643. The van der Waals surface area contributed by atoms with Crippen LogP contribution < -0.4 is 5.32 Å². The first kappa shape index (κ1) is 17.0. The number of hydrogen-bond acceptors (Lipinski definition) is 3. The number of halogens is 1. The Hall–Kier alpha value is -2.14. The molecule has 7 atom stereocenters. The lowest BCUT2D eigenvalue weighted by Crippen LogP contribution is -2.46. The molecule has 4 aliphatic carbocycles. The van der Waals surface area contributed by atoms with Gasteiger partial charge in [-0.2, -0.15) is 0 Å². The summed E-state index contributed by atoms with van der Waals surface area (Å²) in [5.74, 6) is 0.142. The monoisotopic (exact) mass is 384 g/mol. The van der Waals surface area contributed by atoms with E-state index < -0.39 is 6.04 Å². The van der Waals surface area contributed by atoms with Crippen LogP contribution in [0.5, 0.6) is 0 Å². The number of nitrogens with one attached hydrogen (secondary N) is 1. The Morgan fingerprint density at radius 1 is 1.15 bits per heavy atom. The molecule has 2 bridgehead atoms. The van der Waals surface area contributed by atoms with Crippen molar-refractivity contribution < 1.29 is 14.4 Å². The van der Waals surface area contributed by atoms with Crippen LogP contribution in [0.1, 0.15) is 18.9 Å².